The van der Waals surface area contributed by atoms with Gasteiger partial charge in [0.05, 0.1) is 0 Å². The van der Waals surface area contributed by atoms with Crippen molar-refractivity contribution in [1.29, 1.82) is 0 Å². The Morgan fingerprint density at radius 1 is 1.71 bits per heavy atom. The van der Waals surface area contributed by atoms with E-state index in [1.165, 1.54) is 6.92 Å². The van der Waals surface area contributed by atoms with Gasteiger partial charge in [0.2, 0.25) is 5.91 Å². The van der Waals surface area contributed by atoms with Crippen LogP contribution in [-0.2, 0) is 4.79 Å². The molecular weight excluding hydrogens is 117 g/mol. The fourth-order valence-corrected chi connectivity index (χ4v) is 0.422. The van der Waals surface area contributed by atoms with Crippen molar-refractivity contribution in [2.24, 2.45) is 0 Å². The van der Waals surface area contributed by atoms with Crippen LogP contribution >= 0.6 is 8.53 Å². The van der Waals surface area contributed by atoms with E-state index >= 15 is 0 Å². The number of amides is 1. The monoisotopic (exact) mass is 123 g/mol. The van der Waals surface area contributed by atoms with E-state index in [-0.39, 0.29) is 0 Å². The Balaban J connectivity index is 3.13. The maximum atomic E-state index is 9.84. The van der Waals surface area contributed by atoms with Crippen molar-refractivity contribution >= 4 is 14.4 Å². The lowest BCUT2D eigenvalue weighted by atomic mass is 10.8. The van der Waals surface area contributed by atoms with Crippen molar-refractivity contribution in [2.75, 3.05) is 0 Å². The number of rotatable bonds is 1. The van der Waals surface area contributed by atoms with Crippen molar-refractivity contribution in [3.05, 3.63) is 0 Å². The van der Waals surface area contributed by atoms with Crippen molar-refractivity contribution < 1.29 is 14.6 Å². The van der Waals surface area contributed by atoms with Crippen LogP contribution < -0.4 is 5.09 Å². The van der Waals surface area contributed by atoms with E-state index in [1.807, 2.05) is 5.09 Å². The van der Waals surface area contributed by atoms with E-state index in [2.05, 4.69) is 0 Å². The molecule has 0 aromatic heterocycles. The first-order valence-electron chi connectivity index (χ1n) is 1.58. The van der Waals surface area contributed by atoms with Gasteiger partial charge in [-0.05, 0) is 0 Å². The Bertz CT molecular complexity index is 73.3. The van der Waals surface area contributed by atoms with Crippen LogP contribution in [0.2, 0.25) is 0 Å². The van der Waals surface area contributed by atoms with E-state index in [9.17, 15) is 4.79 Å². The molecule has 0 rings (SSSR count). The molecule has 0 unspecified atom stereocenters. The van der Waals surface area contributed by atoms with E-state index < -0.39 is 14.4 Å². The number of hydrogen-bond acceptors (Lipinski definition) is 3. The fourth-order valence-electron chi connectivity index (χ4n) is 0.141. The van der Waals surface area contributed by atoms with E-state index in [0.29, 0.717) is 0 Å². The van der Waals surface area contributed by atoms with Gasteiger partial charge in [-0.2, -0.15) is 0 Å². The molecular formula is C2H6NO3P. The summed E-state index contributed by atoms with van der Waals surface area (Å²) in [6.07, 6.45) is 0. The summed E-state index contributed by atoms with van der Waals surface area (Å²) in [5.41, 5.74) is 0. The predicted octanol–water partition coefficient (Wildman–Crippen LogP) is -0.666. The largest absolute Gasteiger partial charge is 0.333 e. The van der Waals surface area contributed by atoms with Crippen LogP contribution in [0.5, 0.6) is 0 Å². The highest BCUT2D eigenvalue weighted by atomic mass is 31.2. The Labute approximate surface area is 42.1 Å². The highest BCUT2D eigenvalue weighted by Gasteiger charge is 1.96. The van der Waals surface area contributed by atoms with Gasteiger partial charge in [0.25, 0.3) is 8.53 Å². The van der Waals surface area contributed by atoms with Gasteiger partial charge in [0.15, 0.2) is 0 Å². The summed E-state index contributed by atoms with van der Waals surface area (Å²) in [6.45, 7) is 1.21. The molecule has 0 aromatic carbocycles. The minimum absolute atomic E-state index is 0.434. The standard InChI is InChI=1S/C2H6NO3P/c1-2(4)3-7(5)6/h5-6H,1H3,(H,3,4). The Kier molecular flexibility index (Phi) is 2.83. The van der Waals surface area contributed by atoms with Gasteiger partial charge in [0, 0.05) is 6.92 Å². The van der Waals surface area contributed by atoms with Gasteiger partial charge in [-0.3, -0.25) is 9.88 Å². The molecule has 0 aliphatic heterocycles. The second-order valence-corrected chi connectivity index (χ2v) is 1.76. The summed E-state index contributed by atoms with van der Waals surface area (Å²) in [7, 11) is -2.24. The molecule has 0 bridgehead atoms. The van der Waals surface area contributed by atoms with Crippen LogP contribution in [0.1, 0.15) is 6.92 Å². The van der Waals surface area contributed by atoms with E-state index in [4.69, 9.17) is 9.79 Å². The molecule has 0 spiro atoms. The molecule has 0 aliphatic rings. The Morgan fingerprint density at radius 2 is 2.14 bits per heavy atom. The van der Waals surface area contributed by atoms with Gasteiger partial charge in [-0.25, -0.2) is 0 Å². The zero-order valence-electron chi connectivity index (χ0n) is 3.75. The van der Waals surface area contributed by atoms with Crippen LogP contribution in [0, 0.1) is 0 Å². The first kappa shape index (κ1) is 6.82. The van der Waals surface area contributed by atoms with Crippen molar-refractivity contribution in [1.82, 2.24) is 5.09 Å². The zero-order valence-corrected chi connectivity index (χ0v) is 4.64. The number of hydrogen-bond donors (Lipinski definition) is 3. The van der Waals surface area contributed by atoms with Gasteiger partial charge < -0.3 is 9.79 Å². The summed E-state index contributed by atoms with van der Waals surface area (Å²) >= 11 is 0. The SMILES string of the molecule is CC(=O)NP(O)O. The maximum absolute atomic E-state index is 9.84. The normalized spacial score (nSPS) is 9.14. The van der Waals surface area contributed by atoms with Crippen LogP contribution in [0.4, 0.5) is 0 Å². The van der Waals surface area contributed by atoms with Gasteiger partial charge in [0.1, 0.15) is 0 Å². The Hall–Kier alpha value is -0.180. The fraction of sp³-hybridized carbons (Fsp3) is 0.500. The number of nitrogens with one attached hydrogen (secondary N) is 1. The molecule has 0 saturated carbocycles. The topological polar surface area (TPSA) is 69.6 Å². The minimum atomic E-state index is -2.24. The second-order valence-electron chi connectivity index (χ2n) is 0.957. The smallest absolute Gasteiger partial charge is 0.283 e. The van der Waals surface area contributed by atoms with Crippen molar-refractivity contribution in [3.8, 4) is 0 Å². The average Bonchev–Trinajstić information content (AvgIpc) is 1.27. The lowest BCUT2D eigenvalue weighted by molar-refractivity contribution is -0.117. The summed E-state index contributed by atoms with van der Waals surface area (Å²) in [5, 5.41) is 1.84. The highest BCUT2D eigenvalue weighted by molar-refractivity contribution is 7.43. The quantitative estimate of drug-likeness (QED) is 0.405. The molecule has 0 radical (unpaired) electrons. The first-order valence-corrected chi connectivity index (χ1v) is 2.82. The molecule has 0 aliphatic carbocycles. The molecule has 7 heavy (non-hydrogen) atoms. The maximum Gasteiger partial charge on any atom is 0.283 e. The van der Waals surface area contributed by atoms with Crippen molar-refractivity contribution in [3.63, 3.8) is 0 Å². The molecule has 5 heteroatoms. The number of carbonyl (C=O) groups is 1. The third-order valence-corrected chi connectivity index (χ3v) is 0.772. The summed E-state index contributed by atoms with van der Waals surface area (Å²) in [4.78, 5) is 25.9. The van der Waals surface area contributed by atoms with Gasteiger partial charge >= 0.3 is 0 Å². The van der Waals surface area contributed by atoms with Crippen LogP contribution in [0.3, 0.4) is 0 Å². The molecule has 42 valence electrons. The zero-order chi connectivity index (χ0) is 5.86. The predicted molar refractivity (Wildman–Crippen MR) is 25.2 cm³/mol. The molecule has 1 amide bonds. The Morgan fingerprint density at radius 3 is 2.14 bits per heavy atom. The van der Waals surface area contributed by atoms with E-state index in [1.54, 1.807) is 0 Å². The van der Waals surface area contributed by atoms with Crippen molar-refractivity contribution in [2.45, 2.75) is 6.92 Å². The van der Waals surface area contributed by atoms with Crippen LogP contribution in [-0.4, -0.2) is 15.7 Å². The third kappa shape index (κ3) is 5.82. The van der Waals surface area contributed by atoms with Gasteiger partial charge in [-0.1, -0.05) is 0 Å². The van der Waals surface area contributed by atoms with Gasteiger partial charge in [-0.15, -0.1) is 0 Å². The molecule has 0 heterocycles. The van der Waals surface area contributed by atoms with Crippen LogP contribution in [0.15, 0.2) is 0 Å². The lowest BCUT2D eigenvalue weighted by Gasteiger charge is -1.97. The summed E-state index contributed by atoms with van der Waals surface area (Å²) in [5.74, 6) is -0.434. The number of carbonyl (C=O) groups excluding carboxylic acids is 1. The minimum Gasteiger partial charge on any atom is -0.333 e. The summed E-state index contributed by atoms with van der Waals surface area (Å²) < 4.78 is 0. The molecule has 0 fully saturated rings. The van der Waals surface area contributed by atoms with E-state index in [0.717, 1.165) is 0 Å². The molecule has 0 saturated heterocycles. The van der Waals surface area contributed by atoms with Crippen LogP contribution in [0.25, 0.3) is 0 Å². The first-order chi connectivity index (χ1) is 3.13. The third-order valence-electron chi connectivity index (χ3n) is 0.257. The highest BCUT2D eigenvalue weighted by Crippen LogP contribution is 2.13. The molecule has 0 aromatic rings. The summed E-state index contributed by atoms with van der Waals surface area (Å²) in [6, 6.07) is 0. The lowest BCUT2D eigenvalue weighted by Crippen LogP contribution is -2.12. The molecule has 0 atom stereocenters. The molecule has 3 N–H and O–H groups in total. The second kappa shape index (κ2) is 2.91. The molecule has 4 nitrogen and oxygen atoms in total. The average molecular weight is 123 g/mol.